The zero-order chi connectivity index (χ0) is 20.9. The Kier molecular flexibility index (Phi) is 4.64. The molecule has 0 radical (unpaired) electrons. The van der Waals surface area contributed by atoms with E-state index < -0.39 is 0 Å². The van der Waals surface area contributed by atoms with Crippen molar-refractivity contribution in [2.24, 2.45) is 17.8 Å². The van der Waals surface area contributed by atoms with Crippen molar-refractivity contribution in [1.29, 1.82) is 0 Å². The Morgan fingerprint density at radius 2 is 1.57 bits per heavy atom. The van der Waals surface area contributed by atoms with Crippen LogP contribution in [0, 0.1) is 17.8 Å². The number of amides is 1. The van der Waals surface area contributed by atoms with Gasteiger partial charge < -0.3 is 20.6 Å². The first-order chi connectivity index (χ1) is 14.4. The van der Waals surface area contributed by atoms with E-state index in [1.165, 1.54) is 50.7 Å². The Morgan fingerprint density at radius 1 is 0.900 bits per heavy atom. The highest BCUT2D eigenvalue weighted by atomic mass is 16.3. The molecule has 0 unspecified atom stereocenters. The van der Waals surface area contributed by atoms with Gasteiger partial charge in [0.15, 0.2) is 0 Å². The molecule has 0 atom stereocenters. The number of benzene rings is 2. The highest BCUT2D eigenvalue weighted by Crippen LogP contribution is 2.61. The summed E-state index contributed by atoms with van der Waals surface area (Å²) in [4.78, 5) is 12.5. The second-order valence-corrected chi connectivity index (χ2v) is 9.82. The lowest BCUT2D eigenvalue weighted by Crippen LogP contribution is -2.48. The first-order valence-corrected chi connectivity index (χ1v) is 11.0. The molecular formula is C25H29NO4. The highest BCUT2D eigenvalue weighted by molar-refractivity contribution is 5.78. The van der Waals surface area contributed by atoms with Crippen LogP contribution in [0.1, 0.15) is 55.2 Å². The summed E-state index contributed by atoms with van der Waals surface area (Å²) in [7, 11) is 0. The van der Waals surface area contributed by atoms with Gasteiger partial charge in [-0.3, -0.25) is 4.79 Å². The van der Waals surface area contributed by atoms with Crippen LogP contribution in [0.2, 0.25) is 0 Å². The van der Waals surface area contributed by atoms with Gasteiger partial charge in [-0.1, -0.05) is 12.1 Å². The Bertz CT molecular complexity index is 948. The van der Waals surface area contributed by atoms with Crippen LogP contribution >= 0.6 is 0 Å². The Balaban J connectivity index is 1.30. The maximum atomic E-state index is 12.5. The van der Waals surface area contributed by atoms with Gasteiger partial charge in [0.25, 0.3) is 0 Å². The van der Waals surface area contributed by atoms with E-state index in [0.717, 1.165) is 28.9 Å². The summed E-state index contributed by atoms with van der Waals surface area (Å²) in [6.45, 7) is 0.199. The molecule has 30 heavy (non-hydrogen) atoms. The monoisotopic (exact) mass is 407 g/mol. The predicted octanol–water partition coefficient (Wildman–Crippen LogP) is 4.13. The first kappa shape index (κ1) is 19.3. The summed E-state index contributed by atoms with van der Waals surface area (Å²) < 4.78 is 0. The van der Waals surface area contributed by atoms with E-state index in [2.05, 4.69) is 11.4 Å². The van der Waals surface area contributed by atoms with E-state index in [9.17, 15) is 20.1 Å². The minimum atomic E-state index is -0.135. The van der Waals surface area contributed by atoms with Gasteiger partial charge in [0.05, 0.1) is 6.42 Å². The summed E-state index contributed by atoms with van der Waals surface area (Å²) in [5, 5.41) is 32.8. The maximum Gasteiger partial charge on any atom is 0.224 e. The number of hydrogen-bond acceptors (Lipinski definition) is 4. The average Bonchev–Trinajstić information content (AvgIpc) is 2.67. The number of aromatic hydroxyl groups is 3. The Labute approximate surface area is 176 Å². The number of phenolic OH excluding ortho intramolecular Hbond substituents is 3. The van der Waals surface area contributed by atoms with Crippen LogP contribution in [-0.4, -0.2) is 21.2 Å². The number of carbonyl (C=O) groups is 1. The van der Waals surface area contributed by atoms with E-state index >= 15 is 0 Å². The zero-order valence-corrected chi connectivity index (χ0v) is 17.1. The summed E-state index contributed by atoms with van der Waals surface area (Å²) in [5.74, 6) is 2.56. The fraction of sp³-hybridized carbons (Fsp3) is 0.480. The number of carbonyl (C=O) groups excluding carboxylic acids is 1. The van der Waals surface area contributed by atoms with E-state index in [0.29, 0.717) is 11.3 Å². The lowest BCUT2D eigenvalue weighted by atomic mass is 9.48. The predicted molar refractivity (Wildman–Crippen MR) is 113 cm³/mol. The van der Waals surface area contributed by atoms with E-state index in [1.54, 1.807) is 12.1 Å². The summed E-state index contributed by atoms with van der Waals surface area (Å²) in [5.41, 5.74) is 2.60. The molecule has 0 saturated heterocycles. The summed E-state index contributed by atoms with van der Waals surface area (Å²) in [6.07, 6.45) is 7.80. The molecule has 4 fully saturated rings. The van der Waals surface area contributed by atoms with Gasteiger partial charge in [-0.25, -0.2) is 0 Å². The molecular weight excluding hydrogens is 378 g/mol. The Hall–Kier alpha value is -2.69. The normalized spacial score (nSPS) is 29.1. The smallest absolute Gasteiger partial charge is 0.224 e. The van der Waals surface area contributed by atoms with Crippen molar-refractivity contribution in [2.75, 3.05) is 0 Å². The molecule has 0 spiro atoms. The molecule has 4 saturated carbocycles. The molecule has 5 heteroatoms. The molecule has 158 valence electrons. The summed E-state index contributed by atoms with van der Waals surface area (Å²) >= 11 is 0. The van der Waals surface area contributed by atoms with Gasteiger partial charge in [0.2, 0.25) is 5.91 Å². The number of nitrogens with one attached hydrogen (secondary N) is 1. The summed E-state index contributed by atoms with van der Waals surface area (Å²) in [6, 6.07) is 9.98. The topological polar surface area (TPSA) is 89.8 Å². The standard InChI is InChI=1S/C25H29NO4/c27-20-3-2-19(23(29)10-20)14-26-24(30)9-15-1-4-22(28)21(8-15)25-11-16-5-17(12-25)7-18(6-16)13-25/h1-4,8,10,16-18,27-29H,5-7,9,11-14H2,(H,26,30). The van der Waals surface area contributed by atoms with Crippen molar-refractivity contribution >= 4 is 5.91 Å². The lowest BCUT2D eigenvalue weighted by molar-refractivity contribution is -0.120. The molecule has 6 rings (SSSR count). The van der Waals surface area contributed by atoms with Crippen LogP contribution in [0.25, 0.3) is 0 Å². The quantitative estimate of drug-likeness (QED) is 0.600. The number of phenols is 3. The largest absolute Gasteiger partial charge is 0.508 e. The zero-order valence-electron chi connectivity index (χ0n) is 17.1. The van der Waals surface area contributed by atoms with Crippen LogP contribution in [-0.2, 0) is 23.2 Å². The van der Waals surface area contributed by atoms with Gasteiger partial charge in [0, 0.05) is 23.7 Å². The van der Waals surface area contributed by atoms with Gasteiger partial charge >= 0.3 is 0 Å². The van der Waals surface area contributed by atoms with E-state index in [1.807, 2.05) is 6.07 Å². The van der Waals surface area contributed by atoms with Crippen LogP contribution in [0.4, 0.5) is 0 Å². The van der Waals surface area contributed by atoms with Gasteiger partial charge in [0.1, 0.15) is 17.2 Å². The van der Waals surface area contributed by atoms with Gasteiger partial charge in [-0.2, -0.15) is 0 Å². The van der Waals surface area contributed by atoms with Crippen molar-refractivity contribution in [3.8, 4) is 17.2 Å². The molecule has 2 aromatic rings. The first-order valence-electron chi connectivity index (χ1n) is 11.0. The van der Waals surface area contributed by atoms with Crippen LogP contribution in [0.3, 0.4) is 0 Å². The van der Waals surface area contributed by atoms with Gasteiger partial charge in [-0.15, -0.1) is 0 Å². The third kappa shape index (κ3) is 3.51. The van der Waals surface area contributed by atoms with Crippen LogP contribution in [0.5, 0.6) is 17.2 Å². The van der Waals surface area contributed by atoms with Gasteiger partial charge in [-0.05, 0) is 85.5 Å². The molecule has 5 nitrogen and oxygen atoms in total. The Morgan fingerprint density at radius 3 is 2.20 bits per heavy atom. The van der Waals surface area contributed by atoms with Crippen molar-refractivity contribution in [2.45, 2.75) is 56.9 Å². The fourth-order valence-corrected chi connectivity index (χ4v) is 6.70. The number of hydrogen-bond donors (Lipinski definition) is 4. The molecule has 4 aliphatic rings. The average molecular weight is 408 g/mol. The third-order valence-corrected chi connectivity index (χ3v) is 7.58. The van der Waals surface area contributed by atoms with Crippen LogP contribution in [0.15, 0.2) is 36.4 Å². The molecule has 0 aliphatic heterocycles. The maximum absolute atomic E-state index is 12.5. The van der Waals surface area contributed by atoms with Crippen molar-refractivity contribution in [3.05, 3.63) is 53.1 Å². The second kappa shape index (κ2) is 7.22. The second-order valence-electron chi connectivity index (χ2n) is 9.82. The molecule has 1 amide bonds. The van der Waals surface area contributed by atoms with E-state index in [-0.39, 0.29) is 35.8 Å². The molecule has 2 aromatic carbocycles. The number of rotatable bonds is 5. The molecule has 4 aliphatic carbocycles. The molecule has 0 heterocycles. The third-order valence-electron chi connectivity index (χ3n) is 7.58. The van der Waals surface area contributed by atoms with Crippen molar-refractivity contribution in [3.63, 3.8) is 0 Å². The fourth-order valence-electron chi connectivity index (χ4n) is 6.70. The SMILES string of the molecule is O=C(Cc1ccc(O)c(C23CC4CC(CC(C4)C2)C3)c1)NCc1ccc(O)cc1O. The lowest BCUT2D eigenvalue weighted by Gasteiger charge is -2.57. The van der Waals surface area contributed by atoms with Crippen molar-refractivity contribution < 1.29 is 20.1 Å². The molecule has 4 N–H and O–H groups in total. The highest BCUT2D eigenvalue weighted by Gasteiger charge is 2.52. The molecule has 0 aromatic heterocycles. The molecule has 4 bridgehead atoms. The minimum absolute atomic E-state index is 0.0103. The van der Waals surface area contributed by atoms with E-state index in [4.69, 9.17) is 0 Å². The van der Waals surface area contributed by atoms with Crippen molar-refractivity contribution in [1.82, 2.24) is 5.32 Å². The van der Waals surface area contributed by atoms with Crippen LogP contribution < -0.4 is 5.32 Å². The minimum Gasteiger partial charge on any atom is -0.508 e.